The molecule has 0 spiro atoms. The van der Waals surface area contributed by atoms with E-state index in [-0.39, 0.29) is 6.54 Å². The van der Waals surface area contributed by atoms with Gasteiger partial charge in [-0.25, -0.2) is 13.8 Å². The van der Waals surface area contributed by atoms with Crippen molar-refractivity contribution in [1.29, 1.82) is 0 Å². The Morgan fingerprint density at radius 2 is 1.74 bits per heavy atom. The summed E-state index contributed by atoms with van der Waals surface area (Å²) in [6, 6.07) is 17.1. The molecule has 0 saturated carbocycles. The maximum Gasteiger partial charge on any atom is 0.251 e. The number of piperidine rings is 1. The molecule has 6 heteroatoms. The zero-order valence-electron chi connectivity index (χ0n) is 19.2. The molecule has 34 heavy (non-hydrogen) atoms. The molecule has 0 radical (unpaired) electrons. The number of nitrogen functional groups attached to an aromatic ring is 1. The van der Waals surface area contributed by atoms with E-state index < -0.39 is 6.43 Å². The number of nitrogens with zero attached hydrogens (tertiary/aromatic N) is 2. The van der Waals surface area contributed by atoms with E-state index in [1.807, 2.05) is 11.1 Å². The van der Waals surface area contributed by atoms with E-state index in [1.165, 1.54) is 11.1 Å². The molecule has 0 unspecified atom stereocenters. The van der Waals surface area contributed by atoms with Crippen LogP contribution in [0.4, 0.5) is 14.6 Å². The topological polar surface area (TPSA) is 54.2 Å². The number of benzene rings is 2. The molecule has 3 N–H and O–H groups in total. The molecule has 3 aromatic rings. The summed E-state index contributed by atoms with van der Waals surface area (Å²) in [5, 5.41) is 3.31. The summed E-state index contributed by atoms with van der Waals surface area (Å²) >= 11 is 0. The highest BCUT2D eigenvalue weighted by Gasteiger charge is 2.22. The summed E-state index contributed by atoms with van der Waals surface area (Å²) in [5.74, 6) is 0.937. The van der Waals surface area contributed by atoms with Gasteiger partial charge in [-0.15, -0.1) is 0 Å². The van der Waals surface area contributed by atoms with Gasteiger partial charge in [-0.3, -0.25) is 4.90 Å². The summed E-state index contributed by atoms with van der Waals surface area (Å²) in [7, 11) is 0. The minimum absolute atomic E-state index is 0.117. The van der Waals surface area contributed by atoms with Crippen molar-refractivity contribution in [1.82, 2.24) is 15.2 Å². The van der Waals surface area contributed by atoms with Gasteiger partial charge in [0.25, 0.3) is 6.43 Å². The Bertz CT molecular complexity index is 1180. The van der Waals surface area contributed by atoms with Gasteiger partial charge in [0.2, 0.25) is 0 Å². The average molecular weight is 461 g/mol. The van der Waals surface area contributed by atoms with Gasteiger partial charge in [-0.2, -0.15) is 0 Å². The number of likely N-dealkylation sites (tertiary alicyclic amines) is 1. The van der Waals surface area contributed by atoms with E-state index in [9.17, 15) is 8.78 Å². The second-order valence-corrected chi connectivity index (χ2v) is 9.27. The molecule has 5 rings (SSSR count). The molecule has 0 atom stereocenters. The fourth-order valence-corrected chi connectivity index (χ4v) is 5.16. The van der Waals surface area contributed by atoms with Crippen molar-refractivity contribution < 1.29 is 8.78 Å². The number of aromatic nitrogens is 1. The van der Waals surface area contributed by atoms with Crippen molar-refractivity contribution in [3.63, 3.8) is 0 Å². The highest BCUT2D eigenvalue weighted by Crippen LogP contribution is 2.34. The van der Waals surface area contributed by atoms with Crippen LogP contribution in [0.1, 0.15) is 35.4 Å². The Morgan fingerprint density at radius 1 is 1.00 bits per heavy atom. The van der Waals surface area contributed by atoms with E-state index in [1.54, 1.807) is 0 Å². The van der Waals surface area contributed by atoms with E-state index >= 15 is 0 Å². The van der Waals surface area contributed by atoms with E-state index in [4.69, 9.17) is 5.73 Å². The third-order valence-corrected chi connectivity index (χ3v) is 7.09. The molecule has 3 heterocycles. The van der Waals surface area contributed by atoms with Crippen molar-refractivity contribution in [2.24, 2.45) is 0 Å². The molecule has 0 aliphatic carbocycles. The van der Waals surface area contributed by atoms with Crippen molar-refractivity contribution in [3.8, 4) is 22.3 Å². The molecule has 2 aliphatic heterocycles. The average Bonchev–Trinajstić information content (AvgIpc) is 2.85. The highest BCUT2D eigenvalue weighted by molar-refractivity contribution is 5.81. The van der Waals surface area contributed by atoms with E-state index in [0.29, 0.717) is 11.7 Å². The first-order valence-electron chi connectivity index (χ1n) is 11.9. The smallest absolute Gasteiger partial charge is 0.251 e. The Morgan fingerprint density at radius 3 is 2.47 bits per heavy atom. The zero-order valence-corrected chi connectivity index (χ0v) is 19.2. The molecule has 176 valence electrons. The van der Waals surface area contributed by atoms with Crippen molar-refractivity contribution in [2.45, 2.75) is 31.6 Å². The summed E-state index contributed by atoms with van der Waals surface area (Å²) in [4.78, 5) is 6.35. The Hall–Kier alpha value is -3.25. The predicted molar refractivity (Wildman–Crippen MR) is 135 cm³/mol. The first kappa shape index (κ1) is 22.5. The predicted octanol–water partition coefficient (Wildman–Crippen LogP) is 5.56. The van der Waals surface area contributed by atoms with Crippen LogP contribution in [-0.4, -0.2) is 42.5 Å². The second-order valence-electron chi connectivity index (χ2n) is 9.27. The van der Waals surface area contributed by atoms with Gasteiger partial charge in [-0.05, 0) is 66.6 Å². The molecule has 2 aromatic carbocycles. The number of hydrogen-bond donors (Lipinski definition) is 2. The summed E-state index contributed by atoms with van der Waals surface area (Å²) in [6.07, 6.45) is 2.35. The maximum absolute atomic E-state index is 12.6. The maximum atomic E-state index is 12.6. The van der Waals surface area contributed by atoms with Crippen LogP contribution in [0, 0.1) is 0 Å². The molecule has 1 aromatic heterocycles. The third-order valence-electron chi connectivity index (χ3n) is 7.09. The van der Waals surface area contributed by atoms with Crippen LogP contribution < -0.4 is 11.1 Å². The fourth-order valence-electron chi connectivity index (χ4n) is 5.16. The van der Waals surface area contributed by atoms with Gasteiger partial charge in [0.15, 0.2) is 0 Å². The number of rotatable bonds is 5. The Balaban J connectivity index is 1.34. The number of nitrogens with two attached hydrogens (primary N) is 1. The van der Waals surface area contributed by atoms with Crippen molar-refractivity contribution >= 4 is 11.5 Å². The Kier molecular flexibility index (Phi) is 6.33. The lowest BCUT2D eigenvalue weighted by atomic mass is 9.88. The van der Waals surface area contributed by atoms with E-state index in [2.05, 4.69) is 65.4 Å². The van der Waals surface area contributed by atoms with Crippen LogP contribution >= 0.6 is 0 Å². The molecule has 0 bridgehead atoms. The zero-order chi connectivity index (χ0) is 23.7. The standard InChI is InChI=1S/C28H30F2N4/c1-18-25-7-6-22(14-23(25)8-11-32-18)26-15-24(16-33-28(26)31)20-4-2-19(3-5-20)21-9-12-34(13-10-21)17-27(29)30/h2-7,14-16,21,27,32H,1,8-13,17H2,(H2,31,33). The second kappa shape index (κ2) is 9.55. The molecule has 1 saturated heterocycles. The minimum atomic E-state index is -2.26. The lowest BCUT2D eigenvalue weighted by molar-refractivity contribution is 0.0754. The third kappa shape index (κ3) is 4.68. The molecular formula is C28H30F2N4. The minimum Gasteiger partial charge on any atom is -0.385 e. The summed E-state index contributed by atoms with van der Waals surface area (Å²) in [5.41, 5.74) is 15.0. The quantitative estimate of drug-likeness (QED) is 0.524. The number of fused-ring (bicyclic) bond motifs is 1. The Labute approximate surface area is 199 Å². The number of anilines is 1. The number of nitrogens with one attached hydrogen (secondary N) is 1. The van der Waals surface area contributed by atoms with Crippen LogP contribution in [0.5, 0.6) is 0 Å². The van der Waals surface area contributed by atoms with Crippen LogP contribution in [0.25, 0.3) is 28.0 Å². The molecule has 2 aliphatic rings. The van der Waals surface area contributed by atoms with Crippen LogP contribution in [-0.2, 0) is 6.42 Å². The van der Waals surface area contributed by atoms with Gasteiger partial charge < -0.3 is 11.1 Å². The van der Waals surface area contributed by atoms with E-state index in [0.717, 1.165) is 72.4 Å². The molecule has 1 fully saturated rings. The first-order chi connectivity index (χ1) is 16.5. The summed E-state index contributed by atoms with van der Waals surface area (Å²) < 4.78 is 25.3. The monoisotopic (exact) mass is 460 g/mol. The van der Waals surface area contributed by atoms with Gasteiger partial charge in [0.05, 0.1) is 6.54 Å². The first-order valence-corrected chi connectivity index (χ1v) is 11.9. The van der Waals surface area contributed by atoms with Gasteiger partial charge in [0, 0.05) is 35.1 Å². The van der Waals surface area contributed by atoms with Crippen molar-refractivity contribution in [3.05, 3.63) is 78.0 Å². The normalized spacial score (nSPS) is 17.0. The SMILES string of the molecule is C=C1NCCc2cc(-c3cc(-c4ccc(C5CCN(CC(F)F)CC5)cc4)cnc3N)ccc21. The molecular weight excluding hydrogens is 430 g/mol. The lowest BCUT2D eigenvalue weighted by Crippen LogP contribution is -2.36. The van der Waals surface area contributed by atoms with Crippen LogP contribution in [0.3, 0.4) is 0 Å². The number of hydrogen-bond acceptors (Lipinski definition) is 4. The molecule has 0 amide bonds. The molecule has 4 nitrogen and oxygen atoms in total. The fraction of sp³-hybridized carbons (Fsp3) is 0.321. The summed E-state index contributed by atoms with van der Waals surface area (Å²) in [6.45, 7) is 6.33. The van der Waals surface area contributed by atoms with Crippen LogP contribution in [0.15, 0.2) is 61.3 Å². The van der Waals surface area contributed by atoms with Gasteiger partial charge in [0.1, 0.15) is 5.82 Å². The lowest BCUT2D eigenvalue weighted by Gasteiger charge is -2.31. The largest absolute Gasteiger partial charge is 0.385 e. The number of alkyl halides is 2. The van der Waals surface area contributed by atoms with Gasteiger partial charge >= 0.3 is 0 Å². The number of halogens is 2. The van der Waals surface area contributed by atoms with Crippen molar-refractivity contribution in [2.75, 3.05) is 31.9 Å². The number of pyridine rings is 1. The highest BCUT2D eigenvalue weighted by atomic mass is 19.3. The van der Waals surface area contributed by atoms with Crippen LogP contribution in [0.2, 0.25) is 0 Å². The van der Waals surface area contributed by atoms with Gasteiger partial charge in [-0.1, -0.05) is 49.0 Å².